The lowest BCUT2D eigenvalue weighted by atomic mass is 10.3. The molecule has 1 aromatic rings. The molecule has 1 saturated carbocycles. The molecule has 0 atom stereocenters. The molecular formula is C7H11N3O. The van der Waals surface area contributed by atoms with Crippen LogP contribution in [0.15, 0.2) is 12.3 Å². The molecule has 0 bridgehead atoms. The number of anilines is 1. The van der Waals surface area contributed by atoms with Crippen molar-refractivity contribution in [1.29, 1.82) is 0 Å². The third-order valence-electron chi connectivity index (χ3n) is 1.94. The first-order valence-corrected chi connectivity index (χ1v) is 3.69. The monoisotopic (exact) mass is 153 g/mol. The van der Waals surface area contributed by atoms with Crippen LogP contribution in [0.1, 0.15) is 12.8 Å². The van der Waals surface area contributed by atoms with Crippen LogP contribution in [0.3, 0.4) is 0 Å². The molecule has 1 aliphatic carbocycles. The largest absolute Gasteiger partial charge is 0.388 e. The molecule has 0 radical (unpaired) electrons. The molecular weight excluding hydrogens is 142 g/mol. The summed E-state index contributed by atoms with van der Waals surface area (Å²) in [6, 6.07) is 1.73. The first-order chi connectivity index (χ1) is 5.18. The van der Waals surface area contributed by atoms with Crippen LogP contribution in [0.4, 0.5) is 5.82 Å². The Bertz CT molecular complexity index is 264. The lowest BCUT2D eigenvalue weighted by Gasteiger charge is -2.05. The molecule has 0 aromatic carbocycles. The standard InChI is InChI=1S/C7H11N3O/c8-6-1-4-10(9-6)5-7(11)2-3-7/h1,4,11H,2-3,5H2,(H2,8,9). The maximum atomic E-state index is 9.49. The van der Waals surface area contributed by atoms with E-state index in [1.54, 1.807) is 16.9 Å². The van der Waals surface area contributed by atoms with Gasteiger partial charge >= 0.3 is 0 Å². The minimum Gasteiger partial charge on any atom is -0.388 e. The van der Waals surface area contributed by atoms with Crippen molar-refractivity contribution in [3.05, 3.63) is 12.3 Å². The Kier molecular flexibility index (Phi) is 1.20. The fourth-order valence-corrected chi connectivity index (χ4v) is 1.07. The van der Waals surface area contributed by atoms with Crippen LogP contribution in [0.25, 0.3) is 0 Å². The van der Waals surface area contributed by atoms with Crippen molar-refractivity contribution in [2.75, 3.05) is 5.73 Å². The molecule has 0 aliphatic heterocycles. The number of aromatic nitrogens is 2. The second kappa shape index (κ2) is 1.98. The molecule has 0 saturated heterocycles. The fourth-order valence-electron chi connectivity index (χ4n) is 1.07. The summed E-state index contributed by atoms with van der Waals surface area (Å²) < 4.78 is 1.68. The summed E-state index contributed by atoms with van der Waals surface area (Å²) in [5, 5.41) is 13.5. The zero-order valence-corrected chi connectivity index (χ0v) is 6.20. The van der Waals surface area contributed by atoms with Crippen molar-refractivity contribution in [1.82, 2.24) is 9.78 Å². The molecule has 0 unspecified atom stereocenters. The third-order valence-corrected chi connectivity index (χ3v) is 1.94. The molecule has 60 valence electrons. The van der Waals surface area contributed by atoms with Crippen molar-refractivity contribution in [3.8, 4) is 0 Å². The Balaban J connectivity index is 2.06. The number of rotatable bonds is 2. The molecule has 1 aromatic heterocycles. The quantitative estimate of drug-likeness (QED) is 0.628. The van der Waals surface area contributed by atoms with E-state index >= 15 is 0 Å². The molecule has 1 fully saturated rings. The van der Waals surface area contributed by atoms with E-state index < -0.39 is 5.60 Å². The molecule has 11 heavy (non-hydrogen) atoms. The lowest BCUT2D eigenvalue weighted by molar-refractivity contribution is 0.125. The van der Waals surface area contributed by atoms with Crippen molar-refractivity contribution in [3.63, 3.8) is 0 Å². The van der Waals surface area contributed by atoms with Gasteiger partial charge in [0.2, 0.25) is 0 Å². The maximum absolute atomic E-state index is 9.49. The summed E-state index contributed by atoms with van der Waals surface area (Å²) in [4.78, 5) is 0. The number of nitrogens with zero attached hydrogens (tertiary/aromatic N) is 2. The Morgan fingerprint density at radius 2 is 2.45 bits per heavy atom. The molecule has 0 amide bonds. The van der Waals surface area contributed by atoms with Crippen LogP contribution in [0, 0.1) is 0 Å². The summed E-state index contributed by atoms with van der Waals surface area (Å²) >= 11 is 0. The summed E-state index contributed by atoms with van der Waals surface area (Å²) in [7, 11) is 0. The van der Waals surface area contributed by atoms with Gasteiger partial charge < -0.3 is 10.8 Å². The van der Waals surface area contributed by atoms with Crippen molar-refractivity contribution < 1.29 is 5.11 Å². The van der Waals surface area contributed by atoms with Crippen LogP contribution in [-0.2, 0) is 6.54 Å². The Morgan fingerprint density at radius 1 is 1.73 bits per heavy atom. The van der Waals surface area contributed by atoms with Crippen LogP contribution >= 0.6 is 0 Å². The highest BCUT2D eigenvalue weighted by atomic mass is 16.3. The summed E-state index contributed by atoms with van der Waals surface area (Å²) in [5.74, 6) is 0.509. The van der Waals surface area contributed by atoms with Gasteiger partial charge in [-0.2, -0.15) is 5.10 Å². The van der Waals surface area contributed by atoms with E-state index in [1.807, 2.05) is 0 Å². The normalized spacial score (nSPS) is 20.1. The number of aliphatic hydroxyl groups is 1. The molecule has 3 N–H and O–H groups in total. The van der Waals surface area contributed by atoms with Crippen molar-refractivity contribution in [2.24, 2.45) is 0 Å². The van der Waals surface area contributed by atoms with E-state index in [9.17, 15) is 5.11 Å². The smallest absolute Gasteiger partial charge is 0.145 e. The summed E-state index contributed by atoms with van der Waals surface area (Å²) in [5.41, 5.74) is 4.92. The Labute approximate surface area is 64.6 Å². The summed E-state index contributed by atoms with van der Waals surface area (Å²) in [6.45, 7) is 0.574. The molecule has 4 heteroatoms. The van der Waals surface area contributed by atoms with Gasteiger partial charge in [-0.25, -0.2) is 0 Å². The highest BCUT2D eigenvalue weighted by Gasteiger charge is 2.40. The van der Waals surface area contributed by atoms with E-state index in [0.29, 0.717) is 12.4 Å². The Hall–Kier alpha value is -1.03. The average molecular weight is 153 g/mol. The second-order valence-corrected chi connectivity index (χ2v) is 3.16. The van der Waals surface area contributed by atoms with E-state index in [0.717, 1.165) is 12.8 Å². The van der Waals surface area contributed by atoms with E-state index in [2.05, 4.69) is 5.10 Å². The van der Waals surface area contributed by atoms with Crippen LogP contribution in [0.2, 0.25) is 0 Å². The van der Waals surface area contributed by atoms with Crippen molar-refractivity contribution >= 4 is 5.82 Å². The molecule has 1 aliphatic rings. The zero-order valence-electron chi connectivity index (χ0n) is 6.20. The summed E-state index contributed by atoms with van der Waals surface area (Å²) in [6.07, 6.45) is 3.55. The fraction of sp³-hybridized carbons (Fsp3) is 0.571. The van der Waals surface area contributed by atoms with Gasteiger partial charge in [0, 0.05) is 6.20 Å². The van der Waals surface area contributed by atoms with Gasteiger partial charge in [-0.05, 0) is 18.9 Å². The second-order valence-electron chi connectivity index (χ2n) is 3.16. The minimum absolute atomic E-state index is 0.488. The van der Waals surface area contributed by atoms with Crippen LogP contribution in [0.5, 0.6) is 0 Å². The highest BCUT2D eigenvalue weighted by Crippen LogP contribution is 2.36. The maximum Gasteiger partial charge on any atom is 0.145 e. The molecule has 0 spiro atoms. The molecule has 2 rings (SSSR count). The van der Waals surface area contributed by atoms with Gasteiger partial charge in [0.1, 0.15) is 5.82 Å². The number of nitrogen functional groups attached to an aromatic ring is 1. The van der Waals surface area contributed by atoms with Gasteiger partial charge in [-0.3, -0.25) is 4.68 Å². The first kappa shape index (κ1) is 6.67. The van der Waals surface area contributed by atoms with Crippen molar-refractivity contribution in [2.45, 2.75) is 25.0 Å². The van der Waals surface area contributed by atoms with Gasteiger partial charge in [0.25, 0.3) is 0 Å². The van der Waals surface area contributed by atoms with E-state index in [4.69, 9.17) is 5.73 Å². The predicted molar refractivity (Wildman–Crippen MR) is 40.8 cm³/mol. The number of hydrogen-bond acceptors (Lipinski definition) is 3. The van der Waals surface area contributed by atoms with E-state index in [1.165, 1.54) is 0 Å². The topological polar surface area (TPSA) is 64.1 Å². The predicted octanol–water partition coefficient (Wildman–Crippen LogP) is -0.00980. The number of nitrogens with two attached hydrogens (primary N) is 1. The third kappa shape index (κ3) is 1.35. The SMILES string of the molecule is Nc1ccn(CC2(O)CC2)n1. The molecule has 1 heterocycles. The van der Waals surface area contributed by atoms with Gasteiger partial charge in [0.15, 0.2) is 0 Å². The van der Waals surface area contributed by atoms with Gasteiger partial charge in [-0.15, -0.1) is 0 Å². The first-order valence-electron chi connectivity index (χ1n) is 3.69. The zero-order chi connectivity index (χ0) is 7.90. The number of hydrogen-bond donors (Lipinski definition) is 2. The molecule has 4 nitrogen and oxygen atoms in total. The van der Waals surface area contributed by atoms with Gasteiger partial charge in [-0.1, -0.05) is 0 Å². The lowest BCUT2D eigenvalue weighted by Crippen LogP contribution is -2.17. The minimum atomic E-state index is -0.488. The highest BCUT2D eigenvalue weighted by molar-refractivity contribution is 5.23. The van der Waals surface area contributed by atoms with Gasteiger partial charge in [0.05, 0.1) is 12.1 Å². The Morgan fingerprint density at radius 3 is 2.91 bits per heavy atom. The van der Waals surface area contributed by atoms with Crippen LogP contribution in [-0.4, -0.2) is 20.5 Å². The van der Waals surface area contributed by atoms with E-state index in [-0.39, 0.29) is 0 Å². The van der Waals surface area contributed by atoms with Crippen LogP contribution < -0.4 is 5.73 Å². The average Bonchev–Trinajstić information content (AvgIpc) is 2.49.